The van der Waals surface area contributed by atoms with Gasteiger partial charge in [0.2, 0.25) is 5.88 Å². The highest BCUT2D eigenvalue weighted by molar-refractivity contribution is 5.99. The van der Waals surface area contributed by atoms with Crippen LogP contribution in [0.2, 0.25) is 0 Å². The van der Waals surface area contributed by atoms with Crippen LogP contribution in [0.5, 0.6) is 11.6 Å². The molecule has 3 aromatic heterocycles. The van der Waals surface area contributed by atoms with Gasteiger partial charge in [0, 0.05) is 18.4 Å². The Hall–Kier alpha value is -3.94. The lowest BCUT2D eigenvalue weighted by atomic mass is 9.80. The van der Waals surface area contributed by atoms with Gasteiger partial charge in [-0.15, -0.1) is 5.10 Å². The average Bonchev–Trinajstić information content (AvgIpc) is 3.47. The van der Waals surface area contributed by atoms with E-state index in [0.717, 1.165) is 12.2 Å². The van der Waals surface area contributed by atoms with E-state index in [9.17, 15) is 4.79 Å². The highest BCUT2D eigenvalue weighted by Crippen LogP contribution is 2.47. The first kappa shape index (κ1) is 17.9. The predicted octanol–water partition coefficient (Wildman–Crippen LogP) is 3.83. The van der Waals surface area contributed by atoms with E-state index in [1.54, 1.807) is 17.1 Å². The Balaban J connectivity index is 1.46. The van der Waals surface area contributed by atoms with Gasteiger partial charge in [0.25, 0.3) is 0 Å². The number of furan rings is 1. The van der Waals surface area contributed by atoms with Crippen LogP contribution in [0.3, 0.4) is 0 Å². The van der Waals surface area contributed by atoms with Gasteiger partial charge in [0.05, 0.1) is 17.7 Å². The second-order valence-electron chi connectivity index (χ2n) is 7.53. The molecular formula is C23H18N4O4. The number of para-hydroxylation sites is 1. The van der Waals surface area contributed by atoms with E-state index in [2.05, 4.69) is 10.1 Å². The maximum absolute atomic E-state index is 12.9. The van der Waals surface area contributed by atoms with Crippen LogP contribution in [0.15, 0.2) is 70.8 Å². The minimum atomic E-state index is -0.426. The molecule has 6 rings (SSSR count). The fourth-order valence-corrected chi connectivity index (χ4v) is 4.23. The van der Waals surface area contributed by atoms with E-state index in [1.165, 1.54) is 0 Å². The Morgan fingerprint density at radius 2 is 2.03 bits per heavy atom. The standard InChI is InChI=1S/C23H18N4O4/c28-15-8-4-9-17-19(15)20(16-10-5-11-29-16)21-22-25-18(12-30-14-6-2-1-3-7-14)26-27(22)13-24-23(21)31-17/h1-3,5-7,10-11,13,20H,4,8-9,12H2/t20-/m0/s1. The lowest BCUT2D eigenvalue weighted by molar-refractivity contribution is -0.116. The summed E-state index contributed by atoms with van der Waals surface area (Å²) in [6.07, 6.45) is 5.14. The molecule has 1 aliphatic heterocycles. The van der Waals surface area contributed by atoms with E-state index in [-0.39, 0.29) is 12.4 Å². The Kier molecular flexibility index (Phi) is 4.09. The van der Waals surface area contributed by atoms with Gasteiger partial charge in [-0.2, -0.15) is 0 Å². The second kappa shape index (κ2) is 7.09. The van der Waals surface area contributed by atoms with Gasteiger partial charge in [0.1, 0.15) is 30.2 Å². The molecule has 0 N–H and O–H groups in total. The zero-order valence-corrected chi connectivity index (χ0v) is 16.5. The third kappa shape index (κ3) is 2.99. The first-order valence-corrected chi connectivity index (χ1v) is 10.2. The van der Waals surface area contributed by atoms with Crippen LogP contribution >= 0.6 is 0 Å². The van der Waals surface area contributed by atoms with Crippen molar-refractivity contribution in [3.63, 3.8) is 0 Å². The fourth-order valence-electron chi connectivity index (χ4n) is 4.23. The molecule has 0 fully saturated rings. The first-order chi connectivity index (χ1) is 15.3. The summed E-state index contributed by atoms with van der Waals surface area (Å²) in [7, 11) is 0. The van der Waals surface area contributed by atoms with Crippen molar-refractivity contribution in [2.24, 2.45) is 0 Å². The topological polar surface area (TPSA) is 91.8 Å². The van der Waals surface area contributed by atoms with Crippen molar-refractivity contribution >= 4 is 11.4 Å². The molecule has 0 unspecified atom stereocenters. The zero-order chi connectivity index (χ0) is 20.8. The Bertz CT molecular complexity index is 1310. The summed E-state index contributed by atoms with van der Waals surface area (Å²) in [6, 6.07) is 13.2. The molecule has 1 aromatic carbocycles. The normalized spacial score (nSPS) is 17.9. The number of fused-ring (bicyclic) bond motifs is 3. The molecule has 8 heteroatoms. The fraction of sp³-hybridized carbons (Fsp3) is 0.217. The predicted molar refractivity (Wildman–Crippen MR) is 109 cm³/mol. The average molecular weight is 414 g/mol. The van der Waals surface area contributed by atoms with Crippen molar-refractivity contribution in [2.75, 3.05) is 0 Å². The number of aromatic nitrogens is 4. The molecule has 0 saturated heterocycles. The summed E-state index contributed by atoms with van der Waals surface area (Å²) in [5.41, 5.74) is 1.89. The van der Waals surface area contributed by atoms with Crippen LogP contribution in [0.25, 0.3) is 5.65 Å². The van der Waals surface area contributed by atoms with Crippen LogP contribution in [0.1, 0.15) is 42.3 Å². The summed E-state index contributed by atoms with van der Waals surface area (Å²) in [5.74, 6) is 2.66. The van der Waals surface area contributed by atoms with Gasteiger partial charge in [-0.3, -0.25) is 4.79 Å². The Morgan fingerprint density at radius 3 is 2.87 bits per heavy atom. The van der Waals surface area contributed by atoms with Gasteiger partial charge in [0.15, 0.2) is 17.3 Å². The summed E-state index contributed by atoms with van der Waals surface area (Å²) in [5, 5.41) is 4.51. The second-order valence-corrected chi connectivity index (χ2v) is 7.53. The molecule has 2 aliphatic rings. The number of hydrogen-bond donors (Lipinski definition) is 0. The molecule has 0 bridgehead atoms. The van der Waals surface area contributed by atoms with Crippen molar-refractivity contribution in [1.29, 1.82) is 0 Å². The number of hydrogen-bond acceptors (Lipinski definition) is 7. The Morgan fingerprint density at radius 1 is 1.13 bits per heavy atom. The molecule has 4 heterocycles. The number of carbonyl (C=O) groups excluding carboxylic acids is 1. The summed E-state index contributed by atoms with van der Waals surface area (Å²) >= 11 is 0. The maximum Gasteiger partial charge on any atom is 0.228 e. The number of Topliss-reactive ketones (excluding diaryl/α,β-unsaturated/α-hetero) is 1. The lowest BCUT2D eigenvalue weighted by Crippen LogP contribution is -2.26. The number of carbonyl (C=O) groups is 1. The number of rotatable bonds is 4. The number of ether oxygens (including phenoxy) is 2. The van der Waals surface area contributed by atoms with E-state index in [4.69, 9.17) is 18.9 Å². The monoisotopic (exact) mass is 414 g/mol. The van der Waals surface area contributed by atoms with Gasteiger partial charge >= 0.3 is 0 Å². The number of benzene rings is 1. The SMILES string of the molecule is O=C1CCCC2=C1[C@H](c1ccco1)c1c(ncn3nc(COc4ccccc4)nc13)O2. The summed E-state index contributed by atoms with van der Waals surface area (Å²) < 4.78 is 19.2. The molecule has 4 aromatic rings. The van der Waals surface area contributed by atoms with Crippen molar-refractivity contribution in [2.45, 2.75) is 31.8 Å². The van der Waals surface area contributed by atoms with Crippen molar-refractivity contribution in [3.8, 4) is 11.6 Å². The molecule has 1 atom stereocenters. The molecule has 0 radical (unpaired) electrons. The molecule has 0 amide bonds. The molecular weight excluding hydrogens is 396 g/mol. The van der Waals surface area contributed by atoms with Crippen LogP contribution in [0.4, 0.5) is 0 Å². The van der Waals surface area contributed by atoms with E-state index in [0.29, 0.717) is 52.8 Å². The van der Waals surface area contributed by atoms with E-state index >= 15 is 0 Å². The first-order valence-electron chi connectivity index (χ1n) is 10.2. The molecule has 1 aliphatic carbocycles. The van der Waals surface area contributed by atoms with E-state index in [1.807, 2.05) is 42.5 Å². The summed E-state index contributed by atoms with van der Waals surface area (Å²) in [4.78, 5) is 22.0. The van der Waals surface area contributed by atoms with Crippen LogP contribution in [0, 0.1) is 0 Å². The Labute approximate surface area is 177 Å². The third-order valence-corrected chi connectivity index (χ3v) is 5.58. The molecule has 31 heavy (non-hydrogen) atoms. The third-order valence-electron chi connectivity index (χ3n) is 5.58. The van der Waals surface area contributed by atoms with Gasteiger partial charge in [-0.25, -0.2) is 14.5 Å². The summed E-state index contributed by atoms with van der Waals surface area (Å²) in [6.45, 7) is 0.208. The van der Waals surface area contributed by atoms with Gasteiger partial charge in [-0.05, 0) is 30.7 Å². The van der Waals surface area contributed by atoms with Crippen molar-refractivity contribution < 1.29 is 18.7 Å². The van der Waals surface area contributed by atoms with Crippen LogP contribution < -0.4 is 9.47 Å². The number of nitrogens with zero attached hydrogens (tertiary/aromatic N) is 4. The maximum atomic E-state index is 12.9. The van der Waals surface area contributed by atoms with Gasteiger partial charge < -0.3 is 13.9 Å². The molecule has 0 spiro atoms. The van der Waals surface area contributed by atoms with E-state index < -0.39 is 5.92 Å². The molecule has 8 nitrogen and oxygen atoms in total. The highest BCUT2D eigenvalue weighted by Gasteiger charge is 2.40. The minimum absolute atomic E-state index is 0.0717. The molecule has 154 valence electrons. The van der Waals surface area contributed by atoms with Crippen molar-refractivity contribution in [1.82, 2.24) is 19.6 Å². The smallest absolute Gasteiger partial charge is 0.228 e. The van der Waals surface area contributed by atoms with Gasteiger partial charge in [-0.1, -0.05) is 18.2 Å². The molecule has 0 saturated carbocycles. The highest BCUT2D eigenvalue weighted by atomic mass is 16.5. The lowest BCUT2D eigenvalue weighted by Gasteiger charge is -2.30. The van der Waals surface area contributed by atoms with Crippen LogP contribution in [-0.4, -0.2) is 25.4 Å². The quantitative estimate of drug-likeness (QED) is 0.501. The minimum Gasteiger partial charge on any atom is -0.486 e. The number of allylic oxidation sites excluding steroid dienone is 2. The van der Waals surface area contributed by atoms with Crippen LogP contribution in [-0.2, 0) is 11.4 Å². The van der Waals surface area contributed by atoms with Crippen molar-refractivity contribution in [3.05, 3.63) is 83.5 Å². The largest absolute Gasteiger partial charge is 0.486 e. The number of ketones is 1. The zero-order valence-electron chi connectivity index (χ0n) is 16.5.